The third kappa shape index (κ3) is 8.29. The Hall–Kier alpha value is -0.916. The summed E-state index contributed by atoms with van der Waals surface area (Å²) in [5, 5.41) is 8.63. The van der Waals surface area contributed by atoms with Crippen molar-refractivity contribution in [2.45, 2.75) is 41.5 Å². The van der Waals surface area contributed by atoms with Gasteiger partial charge in [0.25, 0.3) is 0 Å². The molecule has 0 fully saturated rings. The number of allylic oxidation sites excluding steroid dienone is 4. The Morgan fingerprint density at radius 2 is 1.55 bits per heavy atom. The Morgan fingerprint density at radius 1 is 1.10 bits per heavy atom. The summed E-state index contributed by atoms with van der Waals surface area (Å²) in [6.07, 6.45) is 3.36. The van der Waals surface area contributed by atoms with Crippen molar-refractivity contribution in [1.82, 2.24) is 0 Å². The van der Waals surface area contributed by atoms with Gasteiger partial charge in [-0.3, -0.25) is 6.08 Å². The maximum absolute atomic E-state index is 8.63. The molecule has 0 saturated carbocycles. The van der Waals surface area contributed by atoms with Gasteiger partial charge in [-0.1, -0.05) is 44.9 Å². The average molecular weight is 305 g/mol. The molecule has 2 rings (SSSR count). The summed E-state index contributed by atoms with van der Waals surface area (Å²) in [6, 6.07) is 8.71. The molecular formula is C18H25OTi. The van der Waals surface area contributed by atoms with E-state index < -0.39 is 0 Å². The van der Waals surface area contributed by atoms with Gasteiger partial charge in [-0.05, 0) is 12.1 Å². The maximum Gasteiger partial charge on any atom is 0.115 e. The van der Waals surface area contributed by atoms with Crippen LogP contribution in [0.4, 0.5) is 0 Å². The minimum absolute atomic E-state index is 0.322. The Labute approximate surface area is 135 Å². The van der Waals surface area contributed by atoms with E-state index in [9.17, 15) is 0 Å². The predicted molar refractivity (Wildman–Crippen MR) is 84.4 cm³/mol. The number of aromatic hydroxyl groups is 1. The quantitative estimate of drug-likeness (QED) is 0.536. The molecule has 0 bridgehead atoms. The molecule has 0 amide bonds. The summed E-state index contributed by atoms with van der Waals surface area (Å²) in [7, 11) is 0. The molecule has 1 unspecified atom stereocenters. The van der Waals surface area contributed by atoms with Gasteiger partial charge in [0.2, 0.25) is 0 Å². The second-order valence-electron chi connectivity index (χ2n) is 5.13. The fourth-order valence-electron chi connectivity index (χ4n) is 1.59. The van der Waals surface area contributed by atoms with Crippen molar-refractivity contribution in [3.8, 4) is 5.75 Å². The minimum atomic E-state index is 0.322. The van der Waals surface area contributed by atoms with Crippen LogP contribution in [0.3, 0.4) is 0 Å². The number of rotatable bonds is 0. The fraction of sp³-hybridized carbons (Fsp3) is 0.389. The SMILES string of the molecule is CC1=[C-]C(C)C(C)=C1C.C[C](C)=[Ti+].Oc1ccccc1. The molecule has 107 valence electrons. The van der Waals surface area contributed by atoms with Crippen LogP contribution in [-0.2, 0) is 20.0 Å². The standard InChI is InChI=1S/C9H13.C6H6O.C3H6.Ti/c1-6-5-7(2)9(4)8(6)3;7-6-4-2-1-3-5-6;1-3-2;/h6H,1-4H3;1-5,7H;1-2H3;/q-1;;;+1. The summed E-state index contributed by atoms with van der Waals surface area (Å²) < 4.78 is 1.42. The van der Waals surface area contributed by atoms with E-state index in [1.54, 1.807) is 24.3 Å². The zero-order chi connectivity index (χ0) is 15.7. The van der Waals surface area contributed by atoms with E-state index in [2.05, 4.69) is 67.6 Å². The van der Waals surface area contributed by atoms with E-state index in [0.29, 0.717) is 11.7 Å². The summed E-state index contributed by atoms with van der Waals surface area (Å²) in [4.78, 5) is 0. The van der Waals surface area contributed by atoms with Gasteiger partial charge < -0.3 is 5.11 Å². The zero-order valence-corrected chi connectivity index (χ0v) is 15.0. The van der Waals surface area contributed by atoms with E-state index in [4.69, 9.17) is 5.11 Å². The Balaban J connectivity index is 0.000000293. The molecule has 1 aliphatic carbocycles. The van der Waals surface area contributed by atoms with Gasteiger partial charge in [0.15, 0.2) is 0 Å². The van der Waals surface area contributed by atoms with Gasteiger partial charge in [0, 0.05) is 0 Å². The van der Waals surface area contributed by atoms with Crippen LogP contribution < -0.4 is 0 Å². The first-order valence-corrected chi connectivity index (χ1v) is 7.57. The zero-order valence-electron chi connectivity index (χ0n) is 13.4. The first-order chi connectivity index (χ1) is 9.25. The van der Waals surface area contributed by atoms with Gasteiger partial charge in [-0.25, -0.2) is 5.57 Å². The van der Waals surface area contributed by atoms with Crippen molar-refractivity contribution in [3.05, 3.63) is 53.1 Å². The Morgan fingerprint density at radius 3 is 1.70 bits per heavy atom. The molecule has 0 aromatic heterocycles. The molecule has 0 spiro atoms. The molecule has 1 N–H and O–H groups in total. The molecule has 0 saturated heterocycles. The van der Waals surface area contributed by atoms with Crippen LogP contribution in [0.15, 0.2) is 47.1 Å². The molecule has 1 aromatic rings. The van der Waals surface area contributed by atoms with E-state index in [1.807, 2.05) is 6.07 Å². The topological polar surface area (TPSA) is 20.2 Å². The van der Waals surface area contributed by atoms with Crippen LogP contribution in [0.1, 0.15) is 41.5 Å². The summed E-state index contributed by atoms with van der Waals surface area (Å²) in [5.74, 6) is 0.882. The molecule has 1 nitrogen and oxygen atoms in total. The van der Waals surface area contributed by atoms with Crippen LogP contribution >= 0.6 is 0 Å². The van der Waals surface area contributed by atoms with E-state index in [-0.39, 0.29) is 0 Å². The Kier molecular flexibility index (Phi) is 9.45. The van der Waals surface area contributed by atoms with E-state index >= 15 is 0 Å². The predicted octanol–water partition coefficient (Wildman–Crippen LogP) is 4.86. The normalized spacial score (nSPS) is 16.6. The van der Waals surface area contributed by atoms with Crippen LogP contribution in [0.2, 0.25) is 0 Å². The molecule has 1 aliphatic rings. The number of phenols is 1. The smallest absolute Gasteiger partial charge is 0.115 e. The molecule has 1 atom stereocenters. The van der Waals surface area contributed by atoms with Crippen molar-refractivity contribution in [1.29, 1.82) is 0 Å². The third-order valence-corrected chi connectivity index (χ3v) is 2.99. The largest absolute Gasteiger partial charge is 0.508 e. The van der Waals surface area contributed by atoms with Gasteiger partial charge in [0.1, 0.15) is 5.75 Å². The number of hydrogen-bond donors (Lipinski definition) is 1. The van der Waals surface area contributed by atoms with Crippen molar-refractivity contribution in [3.63, 3.8) is 0 Å². The number of hydrogen-bond acceptors (Lipinski definition) is 1. The van der Waals surface area contributed by atoms with Crippen molar-refractivity contribution >= 4 is 3.81 Å². The third-order valence-electron chi connectivity index (χ3n) is 2.99. The minimum Gasteiger partial charge on any atom is -0.508 e. The monoisotopic (exact) mass is 305 g/mol. The molecule has 2 heteroatoms. The average Bonchev–Trinajstić information content (AvgIpc) is 2.57. The number of para-hydroxylation sites is 1. The molecule has 0 radical (unpaired) electrons. The fourth-order valence-corrected chi connectivity index (χ4v) is 1.59. The maximum atomic E-state index is 8.63. The second kappa shape index (κ2) is 9.91. The van der Waals surface area contributed by atoms with Crippen molar-refractivity contribution in [2.75, 3.05) is 0 Å². The number of phenolic OH excluding ortho intramolecular Hbond substituents is 1. The van der Waals surface area contributed by atoms with Gasteiger partial charge in [-0.15, -0.1) is 6.92 Å². The summed E-state index contributed by atoms with van der Waals surface area (Å²) >= 11 is 2.08. The number of benzene rings is 1. The van der Waals surface area contributed by atoms with Crippen LogP contribution in [-0.4, -0.2) is 8.92 Å². The Bertz CT molecular complexity index is 479. The molecule has 0 aliphatic heterocycles. The molecule has 0 heterocycles. The van der Waals surface area contributed by atoms with Crippen LogP contribution in [0.25, 0.3) is 0 Å². The first kappa shape index (κ1) is 19.1. The van der Waals surface area contributed by atoms with Crippen molar-refractivity contribution in [2.24, 2.45) is 5.92 Å². The van der Waals surface area contributed by atoms with Crippen molar-refractivity contribution < 1.29 is 25.1 Å². The van der Waals surface area contributed by atoms with E-state index in [1.165, 1.54) is 20.5 Å². The van der Waals surface area contributed by atoms with Gasteiger partial charge in [-0.2, -0.15) is 11.1 Å². The van der Waals surface area contributed by atoms with Crippen LogP contribution in [0, 0.1) is 12.0 Å². The van der Waals surface area contributed by atoms with E-state index in [0.717, 1.165) is 0 Å². The molecule has 20 heavy (non-hydrogen) atoms. The second-order valence-corrected chi connectivity index (χ2v) is 6.70. The van der Waals surface area contributed by atoms with Gasteiger partial charge in [0.05, 0.1) is 0 Å². The summed E-state index contributed by atoms with van der Waals surface area (Å²) in [5.41, 5.74) is 4.25. The molecule has 1 aromatic carbocycles. The first-order valence-electron chi connectivity index (χ1n) is 6.79. The van der Waals surface area contributed by atoms with Gasteiger partial charge >= 0.3 is 37.6 Å². The summed E-state index contributed by atoms with van der Waals surface area (Å²) in [6.45, 7) is 12.8. The van der Waals surface area contributed by atoms with Crippen LogP contribution in [0.5, 0.6) is 5.75 Å². The molecular weight excluding hydrogens is 280 g/mol.